The van der Waals surface area contributed by atoms with Crippen molar-refractivity contribution < 1.29 is 9.53 Å². The largest absolute Gasteiger partial charge is 0.491 e. The number of nitrogen functional groups attached to an aromatic ring is 1. The Morgan fingerprint density at radius 2 is 2.33 bits per heavy atom. The van der Waals surface area contributed by atoms with Gasteiger partial charge in [0.05, 0.1) is 12.1 Å². The first-order valence-electron chi connectivity index (χ1n) is 5.67. The summed E-state index contributed by atoms with van der Waals surface area (Å²) in [4.78, 5) is 11.5. The van der Waals surface area contributed by atoms with Gasteiger partial charge in [0.25, 0.3) is 0 Å². The van der Waals surface area contributed by atoms with Gasteiger partial charge in [0, 0.05) is 18.1 Å². The van der Waals surface area contributed by atoms with Gasteiger partial charge in [0.15, 0.2) is 5.78 Å². The van der Waals surface area contributed by atoms with Gasteiger partial charge in [0.2, 0.25) is 0 Å². The Bertz CT molecular complexity index is 535. The van der Waals surface area contributed by atoms with Gasteiger partial charge in [-0.2, -0.15) is 5.10 Å². The molecule has 0 aliphatic heterocycles. The average Bonchev–Trinajstić information content (AvgIpc) is 2.84. The van der Waals surface area contributed by atoms with Gasteiger partial charge >= 0.3 is 0 Å². The Morgan fingerprint density at radius 1 is 1.50 bits per heavy atom. The number of carbonyl (C=O) groups excluding carboxylic acids is 1. The molecule has 0 fully saturated rings. The number of benzene rings is 1. The second-order valence-corrected chi connectivity index (χ2v) is 3.93. The molecule has 94 valence electrons. The fourth-order valence-corrected chi connectivity index (χ4v) is 1.63. The van der Waals surface area contributed by atoms with Crippen LogP contribution in [-0.4, -0.2) is 22.2 Å². The van der Waals surface area contributed by atoms with E-state index in [2.05, 4.69) is 5.10 Å². The number of carbonyl (C=O) groups is 1. The number of rotatable bonds is 5. The fraction of sp³-hybridized carbons (Fsp3) is 0.231. The molecule has 0 unspecified atom stereocenters. The Labute approximate surface area is 105 Å². The molecule has 0 aliphatic carbocycles. The Kier molecular flexibility index (Phi) is 3.62. The summed E-state index contributed by atoms with van der Waals surface area (Å²) in [7, 11) is 0. The van der Waals surface area contributed by atoms with Gasteiger partial charge in [-0.15, -0.1) is 0 Å². The summed E-state index contributed by atoms with van der Waals surface area (Å²) in [6, 6.07) is 6.92. The molecular weight excluding hydrogens is 230 g/mol. The van der Waals surface area contributed by atoms with Crippen LogP contribution in [0.2, 0.25) is 0 Å². The fourth-order valence-electron chi connectivity index (χ4n) is 1.63. The summed E-state index contributed by atoms with van der Waals surface area (Å²) >= 11 is 0. The van der Waals surface area contributed by atoms with E-state index in [1.54, 1.807) is 29.1 Å². The van der Waals surface area contributed by atoms with E-state index in [-0.39, 0.29) is 5.78 Å². The van der Waals surface area contributed by atoms with E-state index in [4.69, 9.17) is 10.5 Å². The van der Waals surface area contributed by atoms with E-state index < -0.39 is 0 Å². The summed E-state index contributed by atoms with van der Waals surface area (Å²) in [6.07, 6.45) is 3.57. The number of aromatic nitrogens is 2. The minimum atomic E-state index is -0.0589. The maximum absolute atomic E-state index is 11.5. The first-order chi connectivity index (χ1) is 8.66. The van der Waals surface area contributed by atoms with E-state index in [1.165, 1.54) is 6.92 Å². The van der Waals surface area contributed by atoms with Gasteiger partial charge < -0.3 is 10.5 Å². The minimum absolute atomic E-state index is 0.0589. The third kappa shape index (κ3) is 2.88. The third-order valence-electron chi connectivity index (χ3n) is 2.52. The van der Waals surface area contributed by atoms with Crippen LogP contribution in [0, 0.1) is 0 Å². The molecule has 0 atom stereocenters. The van der Waals surface area contributed by atoms with Crippen molar-refractivity contribution in [3.63, 3.8) is 0 Å². The standard InChI is InChI=1S/C13H15N3O2/c1-10(17)12-9-11(14)3-4-13(12)18-8-7-16-6-2-5-15-16/h2-6,9H,7-8,14H2,1H3. The predicted octanol–water partition coefficient (Wildman–Crippen LogP) is 1.75. The molecule has 0 spiro atoms. The molecule has 0 aliphatic rings. The highest BCUT2D eigenvalue weighted by Crippen LogP contribution is 2.21. The number of hydrogen-bond acceptors (Lipinski definition) is 4. The molecule has 0 saturated heterocycles. The predicted molar refractivity (Wildman–Crippen MR) is 68.6 cm³/mol. The molecule has 1 aromatic heterocycles. The van der Waals surface area contributed by atoms with Crippen LogP contribution in [0.5, 0.6) is 5.75 Å². The summed E-state index contributed by atoms with van der Waals surface area (Å²) in [5.74, 6) is 0.500. The van der Waals surface area contributed by atoms with Gasteiger partial charge in [-0.3, -0.25) is 9.48 Å². The van der Waals surface area contributed by atoms with Crippen molar-refractivity contribution in [3.05, 3.63) is 42.2 Å². The number of ether oxygens (including phenoxy) is 1. The molecule has 5 nitrogen and oxygen atoms in total. The quantitative estimate of drug-likeness (QED) is 0.643. The van der Waals surface area contributed by atoms with Gasteiger partial charge in [0.1, 0.15) is 12.4 Å². The number of nitrogens with zero attached hydrogens (tertiary/aromatic N) is 2. The Balaban J connectivity index is 2.02. The van der Waals surface area contributed by atoms with Crippen LogP contribution in [0.15, 0.2) is 36.7 Å². The molecule has 0 saturated carbocycles. The van der Waals surface area contributed by atoms with Crippen LogP contribution in [0.1, 0.15) is 17.3 Å². The lowest BCUT2D eigenvalue weighted by molar-refractivity contribution is 0.101. The molecule has 2 aromatic rings. The zero-order valence-corrected chi connectivity index (χ0v) is 10.2. The molecule has 1 aromatic carbocycles. The van der Waals surface area contributed by atoms with Crippen molar-refractivity contribution in [2.24, 2.45) is 0 Å². The van der Waals surface area contributed by atoms with Crippen LogP contribution in [0.4, 0.5) is 5.69 Å². The van der Waals surface area contributed by atoms with E-state index in [9.17, 15) is 4.79 Å². The molecule has 18 heavy (non-hydrogen) atoms. The van der Waals surface area contributed by atoms with E-state index >= 15 is 0 Å². The number of nitrogens with two attached hydrogens (primary N) is 1. The topological polar surface area (TPSA) is 70.1 Å². The van der Waals surface area contributed by atoms with Crippen molar-refractivity contribution in [1.82, 2.24) is 9.78 Å². The van der Waals surface area contributed by atoms with Crippen LogP contribution in [0.3, 0.4) is 0 Å². The summed E-state index contributed by atoms with van der Waals surface area (Å²) in [5.41, 5.74) is 6.71. The summed E-state index contributed by atoms with van der Waals surface area (Å²) in [6.45, 7) is 2.58. The lowest BCUT2D eigenvalue weighted by atomic mass is 10.1. The molecule has 2 rings (SSSR count). The van der Waals surface area contributed by atoms with Crippen molar-refractivity contribution in [3.8, 4) is 5.75 Å². The zero-order chi connectivity index (χ0) is 13.0. The van der Waals surface area contributed by atoms with Gasteiger partial charge in [-0.25, -0.2) is 0 Å². The van der Waals surface area contributed by atoms with Crippen LogP contribution in [-0.2, 0) is 6.54 Å². The van der Waals surface area contributed by atoms with Crippen LogP contribution >= 0.6 is 0 Å². The monoisotopic (exact) mass is 245 g/mol. The number of ketones is 1. The second kappa shape index (κ2) is 5.35. The molecule has 0 amide bonds. The Morgan fingerprint density at radius 3 is 3.00 bits per heavy atom. The highest BCUT2D eigenvalue weighted by molar-refractivity contribution is 5.97. The molecule has 1 heterocycles. The maximum atomic E-state index is 11.5. The van der Waals surface area contributed by atoms with E-state index in [1.807, 2.05) is 12.3 Å². The second-order valence-electron chi connectivity index (χ2n) is 3.93. The smallest absolute Gasteiger partial charge is 0.163 e. The first kappa shape index (κ1) is 12.2. The molecule has 0 radical (unpaired) electrons. The number of anilines is 1. The van der Waals surface area contributed by atoms with Crippen molar-refractivity contribution >= 4 is 11.5 Å². The number of Topliss-reactive ketones (excluding diaryl/α,β-unsaturated/α-hetero) is 1. The van der Waals surface area contributed by atoms with Crippen molar-refractivity contribution in [1.29, 1.82) is 0 Å². The van der Waals surface area contributed by atoms with Crippen molar-refractivity contribution in [2.45, 2.75) is 13.5 Å². The Hall–Kier alpha value is -2.30. The molecule has 5 heteroatoms. The van der Waals surface area contributed by atoms with E-state index in [0.717, 1.165) is 0 Å². The number of hydrogen-bond donors (Lipinski definition) is 1. The highest BCUT2D eigenvalue weighted by atomic mass is 16.5. The lowest BCUT2D eigenvalue weighted by Crippen LogP contribution is -2.10. The molecule has 0 bridgehead atoms. The van der Waals surface area contributed by atoms with Crippen molar-refractivity contribution in [2.75, 3.05) is 12.3 Å². The molecule has 2 N–H and O–H groups in total. The highest BCUT2D eigenvalue weighted by Gasteiger charge is 2.08. The lowest BCUT2D eigenvalue weighted by Gasteiger charge is -2.10. The minimum Gasteiger partial charge on any atom is -0.491 e. The molecular formula is C13H15N3O2. The zero-order valence-electron chi connectivity index (χ0n) is 10.2. The van der Waals surface area contributed by atoms with Gasteiger partial charge in [-0.05, 0) is 31.2 Å². The summed E-state index contributed by atoms with van der Waals surface area (Å²) < 4.78 is 7.36. The SMILES string of the molecule is CC(=O)c1cc(N)ccc1OCCn1cccn1. The maximum Gasteiger partial charge on any atom is 0.163 e. The first-order valence-corrected chi connectivity index (χ1v) is 5.67. The summed E-state index contributed by atoms with van der Waals surface area (Å²) in [5, 5.41) is 4.07. The van der Waals surface area contributed by atoms with Crippen LogP contribution in [0.25, 0.3) is 0 Å². The normalized spacial score (nSPS) is 10.3. The van der Waals surface area contributed by atoms with Crippen LogP contribution < -0.4 is 10.5 Å². The third-order valence-corrected chi connectivity index (χ3v) is 2.52. The van der Waals surface area contributed by atoms with Gasteiger partial charge in [-0.1, -0.05) is 0 Å². The van der Waals surface area contributed by atoms with E-state index in [0.29, 0.717) is 30.2 Å². The average molecular weight is 245 g/mol.